The average molecular weight is 419 g/mol. The standard InChI is InChI=1S/C24H19ClN2O3/c1-15-8-6-7-11-20(15)26-27-22(24(29)30-2)21(16-9-4-3-5-10-16)19-14-17(25)12-13-18(19)23(27)28/h3-14,26H,1-2H3. The molecule has 1 heterocycles. The Labute approximate surface area is 178 Å². The minimum absolute atomic E-state index is 0.103. The molecule has 6 heteroatoms. The Balaban J connectivity index is 2.14. The third kappa shape index (κ3) is 3.44. The number of aryl methyl sites for hydroxylation is 1. The molecule has 0 bridgehead atoms. The van der Waals surface area contributed by atoms with Crippen molar-refractivity contribution < 1.29 is 9.53 Å². The van der Waals surface area contributed by atoms with Crippen LogP contribution in [0.4, 0.5) is 5.69 Å². The number of halogens is 1. The van der Waals surface area contributed by atoms with Gasteiger partial charge in [-0.05, 0) is 47.7 Å². The summed E-state index contributed by atoms with van der Waals surface area (Å²) in [6.45, 7) is 1.92. The molecule has 0 atom stereocenters. The zero-order valence-corrected chi connectivity index (χ0v) is 17.2. The molecule has 0 unspecified atom stereocenters. The summed E-state index contributed by atoms with van der Waals surface area (Å²) < 4.78 is 6.33. The monoisotopic (exact) mass is 418 g/mol. The quantitative estimate of drug-likeness (QED) is 0.457. The van der Waals surface area contributed by atoms with Crippen molar-refractivity contribution in [2.45, 2.75) is 6.92 Å². The predicted molar refractivity (Wildman–Crippen MR) is 120 cm³/mol. The number of hydrogen-bond acceptors (Lipinski definition) is 4. The zero-order chi connectivity index (χ0) is 21.3. The first-order valence-electron chi connectivity index (χ1n) is 9.36. The number of carbonyl (C=O) groups excluding carboxylic acids is 1. The van der Waals surface area contributed by atoms with Crippen molar-refractivity contribution in [2.75, 3.05) is 12.5 Å². The Kier molecular flexibility index (Phi) is 5.29. The van der Waals surface area contributed by atoms with Crippen molar-refractivity contribution in [3.63, 3.8) is 0 Å². The lowest BCUT2D eigenvalue weighted by atomic mass is 9.97. The van der Waals surface area contributed by atoms with E-state index in [9.17, 15) is 9.59 Å². The number of fused-ring (bicyclic) bond motifs is 1. The normalized spacial score (nSPS) is 10.8. The van der Waals surface area contributed by atoms with Crippen molar-refractivity contribution in [3.8, 4) is 11.1 Å². The number of nitrogens with zero attached hydrogens (tertiary/aromatic N) is 1. The first-order valence-corrected chi connectivity index (χ1v) is 9.73. The van der Waals surface area contributed by atoms with Gasteiger partial charge in [-0.25, -0.2) is 9.47 Å². The number of aromatic nitrogens is 1. The summed E-state index contributed by atoms with van der Waals surface area (Å²) in [6, 6.07) is 22.0. The summed E-state index contributed by atoms with van der Waals surface area (Å²) in [7, 11) is 1.29. The maximum atomic E-state index is 13.4. The molecule has 3 aromatic carbocycles. The van der Waals surface area contributed by atoms with Crippen molar-refractivity contribution in [2.24, 2.45) is 0 Å². The van der Waals surface area contributed by atoms with Gasteiger partial charge in [-0.1, -0.05) is 60.1 Å². The van der Waals surface area contributed by atoms with E-state index in [1.54, 1.807) is 18.2 Å². The fourth-order valence-corrected chi connectivity index (χ4v) is 3.66. The van der Waals surface area contributed by atoms with Crippen LogP contribution in [0, 0.1) is 6.92 Å². The van der Waals surface area contributed by atoms with E-state index in [4.69, 9.17) is 16.3 Å². The molecule has 0 radical (unpaired) electrons. The Bertz CT molecular complexity index is 1310. The van der Waals surface area contributed by atoms with Crippen LogP contribution < -0.4 is 11.0 Å². The third-order valence-corrected chi connectivity index (χ3v) is 5.20. The molecule has 0 aliphatic heterocycles. The molecule has 1 aromatic heterocycles. The van der Waals surface area contributed by atoms with Gasteiger partial charge in [0.1, 0.15) is 0 Å². The molecule has 30 heavy (non-hydrogen) atoms. The van der Waals surface area contributed by atoms with Crippen LogP contribution in [0.5, 0.6) is 0 Å². The second-order valence-electron chi connectivity index (χ2n) is 6.84. The lowest BCUT2D eigenvalue weighted by molar-refractivity contribution is 0.0590. The molecule has 0 aliphatic rings. The summed E-state index contributed by atoms with van der Waals surface area (Å²) in [5, 5.41) is 1.49. The van der Waals surface area contributed by atoms with Crippen molar-refractivity contribution in [3.05, 3.63) is 99.4 Å². The van der Waals surface area contributed by atoms with Gasteiger partial charge in [-0.15, -0.1) is 0 Å². The third-order valence-electron chi connectivity index (χ3n) is 4.96. The molecule has 0 fully saturated rings. The number of ether oxygens (including phenoxy) is 1. The Morgan fingerprint density at radius 3 is 2.37 bits per heavy atom. The van der Waals surface area contributed by atoms with E-state index in [0.717, 1.165) is 11.1 Å². The number of methoxy groups -OCH3 is 1. The largest absolute Gasteiger partial charge is 0.464 e. The van der Waals surface area contributed by atoms with E-state index in [2.05, 4.69) is 5.43 Å². The molecule has 5 nitrogen and oxygen atoms in total. The summed E-state index contributed by atoms with van der Waals surface area (Å²) in [5.41, 5.74) is 5.82. The van der Waals surface area contributed by atoms with Gasteiger partial charge in [0.05, 0.1) is 12.8 Å². The maximum absolute atomic E-state index is 13.4. The number of para-hydroxylation sites is 1. The van der Waals surface area contributed by atoms with Crippen LogP contribution >= 0.6 is 11.6 Å². The fraction of sp³-hybridized carbons (Fsp3) is 0.0833. The minimum Gasteiger partial charge on any atom is -0.464 e. The second kappa shape index (κ2) is 8.05. The second-order valence-corrected chi connectivity index (χ2v) is 7.27. The Morgan fingerprint density at radius 1 is 0.967 bits per heavy atom. The predicted octanol–water partition coefficient (Wildman–Crippen LogP) is 5.29. The molecule has 0 saturated carbocycles. The number of benzene rings is 3. The molecule has 0 amide bonds. The van der Waals surface area contributed by atoms with Crippen LogP contribution in [0.3, 0.4) is 0 Å². The van der Waals surface area contributed by atoms with Gasteiger partial charge in [0.2, 0.25) is 0 Å². The van der Waals surface area contributed by atoms with E-state index in [1.807, 2.05) is 61.5 Å². The highest BCUT2D eigenvalue weighted by molar-refractivity contribution is 6.31. The lowest BCUT2D eigenvalue weighted by Gasteiger charge is -2.20. The highest BCUT2D eigenvalue weighted by Gasteiger charge is 2.24. The van der Waals surface area contributed by atoms with E-state index < -0.39 is 5.97 Å². The van der Waals surface area contributed by atoms with Crippen LogP contribution in [0.2, 0.25) is 5.02 Å². The van der Waals surface area contributed by atoms with Gasteiger partial charge >= 0.3 is 5.97 Å². The number of carbonyl (C=O) groups is 1. The first kappa shape index (κ1) is 19.7. The Hall–Kier alpha value is -3.57. The highest BCUT2D eigenvalue weighted by Crippen LogP contribution is 2.33. The molecule has 0 saturated heterocycles. The van der Waals surface area contributed by atoms with Crippen LogP contribution in [0.1, 0.15) is 16.1 Å². The van der Waals surface area contributed by atoms with Gasteiger partial charge in [0.15, 0.2) is 5.69 Å². The molecule has 4 aromatic rings. The number of pyridine rings is 1. The van der Waals surface area contributed by atoms with E-state index in [0.29, 0.717) is 27.0 Å². The van der Waals surface area contributed by atoms with E-state index >= 15 is 0 Å². The Morgan fingerprint density at radius 2 is 1.67 bits per heavy atom. The minimum atomic E-state index is -0.631. The molecule has 0 aliphatic carbocycles. The number of nitrogens with one attached hydrogen (secondary N) is 1. The highest BCUT2D eigenvalue weighted by atomic mass is 35.5. The van der Waals surface area contributed by atoms with Crippen LogP contribution in [0.25, 0.3) is 21.9 Å². The number of rotatable bonds is 4. The summed E-state index contributed by atoms with van der Waals surface area (Å²) >= 11 is 6.25. The summed E-state index contributed by atoms with van der Waals surface area (Å²) in [6.07, 6.45) is 0. The van der Waals surface area contributed by atoms with Crippen LogP contribution in [-0.4, -0.2) is 17.8 Å². The fourth-order valence-electron chi connectivity index (χ4n) is 3.48. The van der Waals surface area contributed by atoms with Gasteiger partial charge in [0, 0.05) is 16.0 Å². The van der Waals surface area contributed by atoms with Crippen molar-refractivity contribution in [1.82, 2.24) is 4.68 Å². The number of hydrogen-bond donors (Lipinski definition) is 1. The zero-order valence-electron chi connectivity index (χ0n) is 16.5. The number of esters is 1. The van der Waals surface area contributed by atoms with Crippen LogP contribution in [-0.2, 0) is 4.74 Å². The topological polar surface area (TPSA) is 60.3 Å². The van der Waals surface area contributed by atoms with Crippen LogP contribution in [0.15, 0.2) is 77.6 Å². The molecule has 150 valence electrons. The average Bonchev–Trinajstić information content (AvgIpc) is 2.76. The van der Waals surface area contributed by atoms with Gasteiger partial charge in [-0.2, -0.15) is 0 Å². The molecule has 1 N–H and O–H groups in total. The summed E-state index contributed by atoms with van der Waals surface area (Å²) in [5.74, 6) is -0.631. The molecular formula is C24H19ClN2O3. The van der Waals surface area contributed by atoms with E-state index in [1.165, 1.54) is 11.8 Å². The van der Waals surface area contributed by atoms with Crippen molar-refractivity contribution in [1.29, 1.82) is 0 Å². The molecular weight excluding hydrogens is 400 g/mol. The molecule has 4 rings (SSSR count). The SMILES string of the molecule is COC(=O)c1c(-c2ccccc2)c2cc(Cl)ccc2c(=O)n1Nc1ccccc1C. The lowest BCUT2D eigenvalue weighted by Crippen LogP contribution is -2.33. The van der Waals surface area contributed by atoms with Crippen molar-refractivity contribution >= 4 is 34.0 Å². The number of anilines is 1. The molecule has 0 spiro atoms. The van der Waals surface area contributed by atoms with Gasteiger partial charge in [-0.3, -0.25) is 10.2 Å². The first-order chi connectivity index (χ1) is 14.5. The maximum Gasteiger partial charge on any atom is 0.357 e. The smallest absolute Gasteiger partial charge is 0.357 e. The van der Waals surface area contributed by atoms with Gasteiger partial charge < -0.3 is 4.74 Å². The van der Waals surface area contributed by atoms with E-state index in [-0.39, 0.29) is 11.3 Å². The van der Waals surface area contributed by atoms with Gasteiger partial charge in [0.25, 0.3) is 5.56 Å². The summed E-state index contributed by atoms with van der Waals surface area (Å²) in [4.78, 5) is 26.4.